The van der Waals surface area contributed by atoms with Crippen LogP contribution in [0.3, 0.4) is 0 Å². The SMILES string of the molecule is CCN(c1ccccc1)S(=O)(=O)c1ccc(OC)c(NC(=O)C2CCCC2)c1. The number of anilines is 2. The summed E-state index contributed by atoms with van der Waals surface area (Å²) in [7, 11) is -2.28. The van der Waals surface area contributed by atoms with Crippen LogP contribution in [0.2, 0.25) is 0 Å². The molecule has 7 heteroatoms. The van der Waals surface area contributed by atoms with Gasteiger partial charge in [-0.15, -0.1) is 0 Å². The standard InChI is InChI=1S/C21H26N2O4S/c1-3-23(17-11-5-4-6-12-17)28(25,26)18-13-14-20(27-2)19(15-18)22-21(24)16-9-7-8-10-16/h4-6,11-16H,3,7-10H2,1-2H3,(H,22,24). The van der Waals surface area contributed by atoms with Crippen LogP contribution in [0.25, 0.3) is 0 Å². The Labute approximate surface area is 166 Å². The molecule has 2 aromatic rings. The topological polar surface area (TPSA) is 75.7 Å². The van der Waals surface area contributed by atoms with Gasteiger partial charge in [-0.05, 0) is 50.1 Å². The van der Waals surface area contributed by atoms with Crippen molar-refractivity contribution in [2.75, 3.05) is 23.3 Å². The summed E-state index contributed by atoms with van der Waals surface area (Å²) in [4.78, 5) is 12.6. The zero-order valence-electron chi connectivity index (χ0n) is 16.2. The number of hydrogen-bond acceptors (Lipinski definition) is 4. The van der Waals surface area contributed by atoms with E-state index in [-0.39, 0.29) is 16.7 Å². The van der Waals surface area contributed by atoms with E-state index in [1.54, 1.807) is 37.3 Å². The van der Waals surface area contributed by atoms with Gasteiger partial charge in [-0.3, -0.25) is 9.10 Å². The summed E-state index contributed by atoms with van der Waals surface area (Å²) in [6, 6.07) is 13.5. The molecule has 1 saturated carbocycles. The Morgan fingerprint density at radius 2 is 1.82 bits per heavy atom. The first kappa shape index (κ1) is 20.2. The molecule has 28 heavy (non-hydrogen) atoms. The van der Waals surface area contributed by atoms with Crippen molar-refractivity contribution < 1.29 is 17.9 Å². The molecule has 1 fully saturated rings. The van der Waals surface area contributed by atoms with E-state index in [1.165, 1.54) is 23.5 Å². The van der Waals surface area contributed by atoms with Crippen LogP contribution in [-0.4, -0.2) is 28.0 Å². The molecule has 6 nitrogen and oxygen atoms in total. The fraction of sp³-hybridized carbons (Fsp3) is 0.381. The van der Waals surface area contributed by atoms with Crippen LogP contribution >= 0.6 is 0 Å². The Morgan fingerprint density at radius 3 is 2.43 bits per heavy atom. The first-order valence-corrected chi connectivity index (χ1v) is 11.0. The van der Waals surface area contributed by atoms with Crippen LogP contribution in [0.15, 0.2) is 53.4 Å². The van der Waals surface area contributed by atoms with Crippen LogP contribution in [0.4, 0.5) is 11.4 Å². The van der Waals surface area contributed by atoms with Crippen LogP contribution in [-0.2, 0) is 14.8 Å². The lowest BCUT2D eigenvalue weighted by atomic mass is 10.1. The molecule has 1 aliphatic carbocycles. The van der Waals surface area contributed by atoms with Crippen molar-refractivity contribution in [1.82, 2.24) is 0 Å². The lowest BCUT2D eigenvalue weighted by molar-refractivity contribution is -0.119. The number of ether oxygens (including phenoxy) is 1. The molecule has 0 saturated heterocycles. The third-order valence-corrected chi connectivity index (χ3v) is 6.97. The zero-order valence-corrected chi connectivity index (χ0v) is 17.0. The Hall–Kier alpha value is -2.54. The Morgan fingerprint density at radius 1 is 1.14 bits per heavy atom. The van der Waals surface area contributed by atoms with Gasteiger partial charge in [-0.25, -0.2) is 8.42 Å². The van der Waals surface area contributed by atoms with E-state index in [4.69, 9.17) is 4.74 Å². The summed E-state index contributed by atoms with van der Waals surface area (Å²) < 4.78 is 33.1. The first-order chi connectivity index (χ1) is 13.5. The average molecular weight is 403 g/mol. The number of methoxy groups -OCH3 is 1. The van der Waals surface area contributed by atoms with Gasteiger partial charge in [0.15, 0.2) is 0 Å². The van der Waals surface area contributed by atoms with Gasteiger partial charge >= 0.3 is 0 Å². The van der Waals surface area contributed by atoms with E-state index in [0.29, 0.717) is 23.7 Å². The predicted octanol–water partition coefficient (Wildman–Crippen LogP) is 4.04. The van der Waals surface area contributed by atoms with Crippen molar-refractivity contribution in [3.8, 4) is 5.75 Å². The molecule has 0 heterocycles. The molecule has 150 valence electrons. The highest BCUT2D eigenvalue weighted by Gasteiger charge is 2.27. The number of amides is 1. The van der Waals surface area contributed by atoms with Gasteiger partial charge in [-0.2, -0.15) is 0 Å². The number of carbonyl (C=O) groups excluding carboxylic acids is 1. The number of benzene rings is 2. The maximum atomic E-state index is 13.2. The summed E-state index contributed by atoms with van der Waals surface area (Å²) in [5.41, 5.74) is 0.974. The molecule has 0 spiro atoms. The fourth-order valence-electron chi connectivity index (χ4n) is 3.58. The van der Waals surface area contributed by atoms with Gasteiger partial charge in [0.1, 0.15) is 5.75 Å². The maximum absolute atomic E-state index is 13.2. The van der Waals surface area contributed by atoms with Gasteiger partial charge in [0.2, 0.25) is 5.91 Å². The quantitative estimate of drug-likeness (QED) is 0.758. The van der Waals surface area contributed by atoms with Crippen LogP contribution in [0.1, 0.15) is 32.6 Å². The van der Waals surface area contributed by atoms with Crippen LogP contribution in [0.5, 0.6) is 5.75 Å². The number of nitrogens with one attached hydrogen (secondary N) is 1. The highest BCUT2D eigenvalue weighted by Crippen LogP contribution is 2.32. The summed E-state index contributed by atoms with van der Waals surface area (Å²) in [5, 5.41) is 2.87. The number of para-hydroxylation sites is 1. The molecular formula is C21H26N2O4S. The average Bonchev–Trinajstić information content (AvgIpc) is 3.24. The van der Waals surface area contributed by atoms with Gasteiger partial charge in [0, 0.05) is 12.5 Å². The summed E-state index contributed by atoms with van der Waals surface area (Å²) in [6.07, 6.45) is 3.83. The van der Waals surface area contributed by atoms with E-state index in [9.17, 15) is 13.2 Å². The number of hydrogen-bond donors (Lipinski definition) is 1. The lowest BCUT2D eigenvalue weighted by Crippen LogP contribution is -2.31. The van der Waals surface area contributed by atoms with Gasteiger partial charge < -0.3 is 10.1 Å². The summed E-state index contributed by atoms with van der Waals surface area (Å²) in [5.74, 6) is 0.329. The summed E-state index contributed by atoms with van der Waals surface area (Å²) in [6.45, 7) is 2.08. The molecule has 0 aliphatic heterocycles. The molecule has 0 atom stereocenters. The maximum Gasteiger partial charge on any atom is 0.264 e. The molecule has 0 aromatic heterocycles. The normalized spacial score (nSPS) is 14.6. The molecule has 1 aliphatic rings. The second kappa shape index (κ2) is 8.65. The molecule has 1 amide bonds. The fourth-order valence-corrected chi connectivity index (χ4v) is 5.08. The lowest BCUT2D eigenvalue weighted by Gasteiger charge is -2.23. The molecule has 1 N–H and O–H groups in total. The minimum absolute atomic E-state index is 0.0265. The smallest absolute Gasteiger partial charge is 0.264 e. The minimum atomic E-state index is -3.78. The predicted molar refractivity (Wildman–Crippen MR) is 110 cm³/mol. The van der Waals surface area contributed by atoms with Crippen molar-refractivity contribution in [2.45, 2.75) is 37.5 Å². The number of carbonyl (C=O) groups is 1. The molecule has 0 unspecified atom stereocenters. The Kier molecular flexibility index (Phi) is 6.24. The Bertz CT molecular complexity index is 923. The molecule has 2 aromatic carbocycles. The Balaban J connectivity index is 1.93. The van der Waals surface area contributed by atoms with Crippen molar-refractivity contribution in [2.24, 2.45) is 5.92 Å². The zero-order chi connectivity index (χ0) is 20.1. The molecule has 0 bridgehead atoms. The molecule has 0 radical (unpaired) electrons. The summed E-state index contributed by atoms with van der Waals surface area (Å²) >= 11 is 0. The van der Waals surface area contributed by atoms with Crippen molar-refractivity contribution in [1.29, 1.82) is 0 Å². The third-order valence-electron chi connectivity index (χ3n) is 5.07. The largest absolute Gasteiger partial charge is 0.495 e. The molecular weight excluding hydrogens is 376 g/mol. The van der Waals surface area contributed by atoms with Crippen LogP contribution < -0.4 is 14.4 Å². The van der Waals surface area contributed by atoms with Crippen molar-refractivity contribution in [3.05, 3.63) is 48.5 Å². The molecule has 3 rings (SSSR count). The van der Waals surface area contributed by atoms with E-state index < -0.39 is 10.0 Å². The van der Waals surface area contributed by atoms with Crippen LogP contribution in [0, 0.1) is 5.92 Å². The third kappa shape index (κ3) is 4.14. The highest BCUT2D eigenvalue weighted by atomic mass is 32.2. The number of nitrogens with zero attached hydrogens (tertiary/aromatic N) is 1. The highest BCUT2D eigenvalue weighted by molar-refractivity contribution is 7.92. The monoisotopic (exact) mass is 402 g/mol. The van der Waals surface area contributed by atoms with Gasteiger partial charge in [-0.1, -0.05) is 31.0 Å². The van der Waals surface area contributed by atoms with Crippen molar-refractivity contribution >= 4 is 27.3 Å². The number of sulfonamides is 1. The van der Waals surface area contributed by atoms with E-state index in [0.717, 1.165) is 25.7 Å². The second-order valence-corrected chi connectivity index (χ2v) is 8.70. The van der Waals surface area contributed by atoms with E-state index in [2.05, 4.69) is 5.32 Å². The van der Waals surface area contributed by atoms with E-state index in [1.807, 2.05) is 6.07 Å². The first-order valence-electron chi connectivity index (χ1n) is 9.54. The minimum Gasteiger partial charge on any atom is -0.495 e. The van der Waals surface area contributed by atoms with Crippen molar-refractivity contribution in [3.63, 3.8) is 0 Å². The number of rotatable bonds is 7. The second-order valence-electron chi connectivity index (χ2n) is 6.84. The van der Waals surface area contributed by atoms with Gasteiger partial charge in [0.05, 0.1) is 23.4 Å². The van der Waals surface area contributed by atoms with Gasteiger partial charge in [0.25, 0.3) is 10.0 Å². The van der Waals surface area contributed by atoms with E-state index >= 15 is 0 Å².